The number of aromatic nitrogens is 1. The Morgan fingerprint density at radius 3 is 2.48 bits per heavy atom. The van der Waals surface area contributed by atoms with Gasteiger partial charge >= 0.3 is 0 Å². The minimum absolute atomic E-state index is 0.0114. The lowest BCUT2D eigenvalue weighted by Gasteiger charge is -2.29. The van der Waals surface area contributed by atoms with E-state index in [1.807, 2.05) is 73.7 Å². The molecule has 5 rings (SSSR count). The summed E-state index contributed by atoms with van der Waals surface area (Å²) in [5, 5.41) is 1.42. The third-order valence-electron chi connectivity index (χ3n) is 5.91. The fraction of sp³-hybridized carbons (Fsp3) is 0.107. The molecule has 0 aliphatic heterocycles. The third-order valence-corrected chi connectivity index (χ3v) is 5.91. The predicted molar refractivity (Wildman–Crippen MR) is 129 cm³/mol. The molecule has 0 bridgehead atoms. The van der Waals surface area contributed by atoms with E-state index in [2.05, 4.69) is 0 Å². The first kappa shape index (κ1) is 20.6. The van der Waals surface area contributed by atoms with Gasteiger partial charge in [-0.05, 0) is 36.8 Å². The second-order valence-corrected chi connectivity index (χ2v) is 7.99. The third kappa shape index (κ3) is 4.01. The molecule has 5 heteroatoms. The van der Waals surface area contributed by atoms with Gasteiger partial charge in [0.25, 0.3) is 5.91 Å². The molecule has 1 atom stereocenters. The smallest absolute Gasteiger partial charge is 0.261 e. The molecule has 1 amide bonds. The van der Waals surface area contributed by atoms with E-state index in [9.17, 15) is 9.59 Å². The Hall–Kier alpha value is -4.25. The minimum Gasteiger partial charge on any atom is -0.463 e. The van der Waals surface area contributed by atoms with E-state index in [0.717, 1.165) is 22.2 Å². The van der Waals surface area contributed by atoms with Crippen molar-refractivity contribution in [3.8, 4) is 0 Å². The Labute approximate surface area is 190 Å². The Balaban J connectivity index is 1.58. The van der Waals surface area contributed by atoms with E-state index >= 15 is 0 Å². The van der Waals surface area contributed by atoms with Crippen LogP contribution in [0.5, 0.6) is 0 Å². The molecule has 0 saturated heterocycles. The Kier molecular flexibility index (Phi) is 5.45. The van der Waals surface area contributed by atoms with Crippen molar-refractivity contribution in [1.82, 2.24) is 9.88 Å². The molecule has 162 valence electrons. The standard InChI is InChI=1S/C28H22N2O3/c1-19(20-9-3-2-4-10-20)30(17-22-16-15-21-11-5-7-13-25(21)29-22)28(32)24-18-33-26-14-8-6-12-23(26)27(24)31/h2-16,18-19H,17H2,1H3. The number of benzene rings is 3. The molecule has 2 aromatic heterocycles. The lowest BCUT2D eigenvalue weighted by Crippen LogP contribution is -2.36. The normalized spacial score (nSPS) is 12.0. The molecule has 1 unspecified atom stereocenters. The lowest BCUT2D eigenvalue weighted by molar-refractivity contribution is 0.0668. The van der Waals surface area contributed by atoms with Crippen molar-refractivity contribution in [2.45, 2.75) is 19.5 Å². The van der Waals surface area contributed by atoms with E-state index in [1.54, 1.807) is 29.2 Å². The van der Waals surface area contributed by atoms with Crippen LogP contribution in [0.15, 0.2) is 106 Å². The van der Waals surface area contributed by atoms with Gasteiger partial charge in [-0.15, -0.1) is 0 Å². The molecule has 2 heterocycles. The number of hydrogen-bond donors (Lipinski definition) is 0. The lowest BCUT2D eigenvalue weighted by atomic mass is 10.0. The molecular formula is C28H22N2O3. The summed E-state index contributed by atoms with van der Waals surface area (Å²) in [6.45, 7) is 2.21. The van der Waals surface area contributed by atoms with Crippen LogP contribution in [-0.4, -0.2) is 15.8 Å². The molecule has 0 aliphatic carbocycles. The molecule has 0 radical (unpaired) electrons. The molecule has 0 fully saturated rings. The summed E-state index contributed by atoms with van der Waals surface area (Å²) in [5.74, 6) is -0.388. The van der Waals surface area contributed by atoms with Gasteiger partial charge in [-0.3, -0.25) is 14.6 Å². The molecule has 3 aromatic carbocycles. The average Bonchev–Trinajstić information content (AvgIpc) is 2.87. The molecule has 5 aromatic rings. The number of pyridine rings is 1. The molecule has 5 nitrogen and oxygen atoms in total. The monoisotopic (exact) mass is 434 g/mol. The Bertz CT molecular complexity index is 1510. The zero-order chi connectivity index (χ0) is 22.8. The van der Waals surface area contributed by atoms with Crippen LogP contribution in [0.25, 0.3) is 21.9 Å². The van der Waals surface area contributed by atoms with Gasteiger partial charge in [0.15, 0.2) is 0 Å². The van der Waals surface area contributed by atoms with Gasteiger partial charge < -0.3 is 9.32 Å². The van der Waals surface area contributed by atoms with Crippen LogP contribution in [-0.2, 0) is 6.54 Å². The molecule has 0 aliphatic rings. The van der Waals surface area contributed by atoms with Crippen LogP contribution < -0.4 is 5.43 Å². The summed E-state index contributed by atoms with van der Waals surface area (Å²) in [4.78, 5) is 33.3. The average molecular weight is 434 g/mol. The highest BCUT2D eigenvalue weighted by Crippen LogP contribution is 2.25. The van der Waals surface area contributed by atoms with E-state index in [4.69, 9.17) is 9.40 Å². The van der Waals surface area contributed by atoms with Gasteiger partial charge in [0.05, 0.1) is 29.2 Å². The van der Waals surface area contributed by atoms with Crippen LogP contribution in [0.3, 0.4) is 0 Å². The number of rotatable bonds is 5. The summed E-state index contributed by atoms with van der Waals surface area (Å²) in [6.07, 6.45) is 1.27. The quantitative estimate of drug-likeness (QED) is 0.354. The largest absolute Gasteiger partial charge is 0.463 e. The number of carbonyl (C=O) groups is 1. The zero-order valence-electron chi connectivity index (χ0n) is 18.1. The van der Waals surface area contributed by atoms with Crippen molar-refractivity contribution < 1.29 is 9.21 Å². The van der Waals surface area contributed by atoms with Gasteiger partial charge in [0.2, 0.25) is 5.43 Å². The summed E-state index contributed by atoms with van der Waals surface area (Å²) >= 11 is 0. The highest BCUT2D eigenvalue weighted by Gasteiger charge is 2.26. The van der Waals surface area contributed by atoms with E-state index in [1.165, 1.54) is 6.26 Å². The van der Waals surface area contributed by atoms with Crippen molar-refractivity contribution in [2.24, 2.45) is 0 Å². The van der Waals surface area contributed by atoms with Crippen LogP contribution in [0.4, 0.5) is 0 Å². The van der Waals surface area contributed by atoms with Crippen LogP contribution in [0, 0.1) is 0 Å². The van der Waals surface area contributed by atoms with Gasteiger partial charge in [-0.25, -0.2) is 0 Å². The molecular weight excluding hydrogens is 412 g/mol. The molecule has 0 spiro atoms. The van der Waals surface area contributed by atoms with Gasteiger partial charge in [0.1, 0.15) is 17.4 Å². The maximum atomic E-state index is 13.7. The van der Waals surface area contributed by atoms with E-state index in [-0.39, 0.29) is 29.5 Å². The SMILES string of the molecule is CC(c1ccccc1)N(Cc1ccc2ccccc2n1)C(=O)c1coc2ccccc2c1=O. The Morgan fingerprint density at radius 2 is 1.64 bits per heavy atom. The number of carbonyl (C=O) groups excluding carboxylic acids is 1. The second kappa shape index (κ2) is 8.71. The molecule has 0 saturated carbocycles. The first-order valence-electron chi connectivity index (χ1n) is 10.8. The zero-order valence-corrected chi connectivity index (χ0v) is 18.1. The van der Waals surface area contributed by atoms with Crippen molar-refractivity contribution in [2.75, 3.05) is 0 Å². The number of para-hydroxylation sites is 2. The predicted octanol–water partition coefficient (Wildman–Crippen LogP) is 5.74. The summed E-state index contributed by atoms with van der Waals surface area (Å²) in [6, 6.07) is 28.2. The van der Waals surface area contributed by atoms with E-state index < -0.39 is 0 Å². The van der Waals surface area contributed by atoms with Crippen molar-refractivity contribution in [3.63, 3.8) is 0 Å². The van der Waals surface area contributed by atoms with Crippen LogP contribution in [0.1, 0.15) is 34.6 Å². The van der Waals surface area contributed by atoms with E-state index in [0.29, 0.717) is 11.0 Å². The maximum absolute atomic E-state index is 13.7. The fourth-order valence-corrected chi connectivity index (χ4v) is 4.05. The Morgan fingerprint density at radius 1 is 0.909 bits per heavy atom. The fourth-order valence-electron chi connectivity index (χ4n) is 4.05. The van der Waals surface area contributed by atoms with Gasteiger partial charge in [0, 0.05) is 5.39 Å². The van der Waals surface area contributed by atoms with Crippen molar-refractivity contribution >= 4 is 27.8 Å². The van der Waals surface area contributed by atoms with Gasteiger partial charge in [-0.2, -0.15) is 0 Å². The number of nitrogens with zero attached hydrogens (tertiary/aromatic N) is 2. The second-order valence-electron chi connectivity index (χ2n) is 7.99. The number of hydrogen-bond acceptors (Lipinski definition) is 4. The highest BCUT2D eigenvalue weighted by molar-refractivity contribution is 5.96. The first-order valence-corrected chi connectivity index (χ1v) is 10.8. The molecule has 0 N–H and O–H groups in total. The van der Waals surface area contributed by atoms with Crippen LogP contribution in [0.2, 0.25) is 0 Å². The first-order chi connectivity index (χ1) is 16.1. The van der Waals surface area contributed by atoms with Crippen molar-refractivity contribution in [1.29, 1.82) is 0 Å². The topological polar surface area (TPSA) is 63.4 Å². The van der Waals surface area contributed by atoms with Crippen LogP contribution >= 0.6 is 0 Å². The van der Waals surface area contributed by atoms with Gasteiger partial charge in [-0.1, -0.05) is 66.7 Å². The highest BCUT2D eigenvalue weighted by atomic mass is 16.3. The van der Waals surface area contributed by atoms with Crippen molar-refractivity contribution in [3.05, 3.63) is 124 Å². The number of fused-ring (bicyclic) bond motifs is 2. The molecule has 33 heavy (non-hydrogen) atoms. The summed E-state index contributed by atoms with van der Waals surface area (Å²) in [7, 11) is 0. The summed E-state index contributed by atoms with van der Waals surface area (Å²) < 4.78 is 5.63. The minimum atomic E-state index is -0.388. The maximum Gasteiger partial charge on any atom is 0.261 e. The number of amides is 1. The summed E-state index contributed by atoms with van der Waals surface area (Å²) in [5.41, 5.74) is 2.71.